The fraction of sp³-hybridized carbons (Fsp3) is 0.0769. The number of anilines is 2. The van der Waals surface area contributed by atoms with Crippen LogP contribution in [-0.4, -0.2) is 13.4 Å². The number of rotatable bonds is 5. The Morgan fingerprint density at radius 1 is 0.879 bits per heavy atom. The van der Waals surface area contributed by atoms with Crippen molar-refractivity contribution in [2.45, 2.75) is 18.7 Å². The van der Waals surface area contributed by atoms with Gasteiger partial charge in [0.1, 0.15) is 17.5 Å². The Morgan fingerprint density at radius 2 is 1.58 bits per heavy atom. The summed E-state index contributed by atoms with van der Waals surface area (Å²) in [4.78, 5) is 4.60. The van der Waals surface area contributed by atoms with Crippen molar-refractivity contribution in [1.82, 2.24) is 4.98 Å². The molecular weight excluding hydrogens is 432 g/mol. The number of hydrogen-bond donors (Lipinski definition) is 2. The van der Waals surface area contributed by atoms with E-state index < -0.39 is 10.0 Å². The fourth-order valence-corrected chi connectivity index (χ4v) is 4.57. The van der Waals surface area contributed by atoms with Crippen LogP contribution < -0.4 is 10.5 Å². The molecular formula is C26H22N4O2S. The van der Waals surface area contributed by atoms with Crippen molar-refractivity contribution in [1.29, 1.82) is 5.26 Å². The fourth-order valence-electron chi connectivity index (χ4n) is 3.51. The molecule has 6 nitrogen and oxygen atoms in total. The minimum absolute atomic E-state index is 0.149. The number of pyridine rings is 1. The van der Waals surface area contributed by atoms with Crippen LogP contribution in [-0.2, 0) is 10.0 Å². The molecule has 164 valence electrons. The lowest BCUT2D eigenvalue weighted by Crippen LogP contribution is -2.12. The molecule has 0 atom stereocenters. The summed E-state index contributed by atoms with van der Waals surface area (Å²) in [6.45, 7) is 3.88. The van der Waals surface area contributed by atoms with E-state index in [2.05, 4.69) is 15.8 Å². The van der Waals surface area contributed by atoms with E-state index in [1.54, 1.807) is 48.5 Å². The van der Waals surface area contributed by atoms with E-state index in [-0.39, 0.29) is 10.7 Å². The molecule has 0 radical (unpaired) electrons. The average molecular weight is 455 g/mol. The van der Waals surface area contributed by atoms with Crippen LogP contribution in [0.25, 0.3) is 22.4 Å². The molecule has 0 unspecified atom stereocenters. The molecule has 0 amide bonds. The van der Waals surface area contributed by atoms with Gasteiger partial charge in [0.25, 0.3) is 10.0 Å². The second-order valence-electron chi connectivity index (χ2n) is 7.79. The van der Waals surface area contributed by atoms with Crippen molar-refractivity contribution in [2.75, 3.05) is 10.5 Å². The first-order valence-electron chi connectivity index (χ1n) is 10.2. The molecule has 33 heavy (non-hydrogen) atoms. The Balaban J connectivity index is 1.67. The van der Waals surface area contributed by atoms with Gasteiger partial charge in [-0.1, -0.05) is 59.7 Å². The van der Waals surface area contributed by atoms with Gasteiger partial charge in [0.15, 0.2) is 0 Å². The molecule has 4 rings (SSSR count). The van der Waals surface area contributed by atoms with Gasteiger partial charge in [-0.2, -0.15) is 5.26 Å². The summed E-state index contributed by atoms with van der Waals surface area (Å²) >= 11 is 0. The number of nitrogens with two attached hydrogens (primary N) is 1. The van der Waals surface area contributed by atoms with Gasteiger partial charge in [0, 0.05) is 16.8 Å². The molecule has 0 spiro atoms. The van der Waals surface area contributed by atoms with Crippen LogP contribution in [0.15, 0.2) is 83.8 Å². The first-order chi connectivity index (χ1) is 15.8. The van der Waals surface area contributed by atoms with Crippen LogP contribution in [0, 0.1) is 25.2 Å². The zero-order valence-electron chi connectivity index (χ0n) is 18.2. The highest BCUT2D eigenvalue weighted by atomic mass is 32.2. The van der Waals surface area contributed by atoms with Crippen molar-refractivity contribution in [2.24, 2.45) is 0 Å². The highest BCUT2D eigenvalue weighted by molar-refractivity contribution is 7.92. The number of aryl methyl sites for hydroxylation is 2. The van der Waals surface area contributed by atoms with E-state index in [1.165, 1.54) is 0 Å². The van der Waals surface area contributed by atoms with Gasteiger partial charge in [-0.05, 0) is 49.7 Å². The van der Waals surface area contributed by atoms with Gasteiger partial charge < -0.3 is 5.73 Å². The average Bonchev–Trinajstić information content (AvgIpc) is 2.79. The Hall–Kier alpha value is -4.15. The molecule has 0 aliphatic rings. The third-order valence-corrected chi connectivity index (χ3v) is 6.65. The first-order valence-corrected chi connectivity index (χ1v) is 11.7. The van der Waals surface area contributed by atoms with Gasteiger partial charge in [-0.15, -0.1) is 0 Å². The van der Waals surface area contributed by atoms with Gasteiger partial charge >= 0.3 is 0 Å². The second-order valence-corrected chi connectivity index (χ2v) is 9.47. The van der Waals surface area contributed by atoms with Crippen molar-refractivity contribution >= 4 is 21.5 Å². The zero-order chi connectivity index (χ0) is 23.6. The number of nitriles is 1. The van der Waals surface area contributed by atoms with E-state index in [9.17, 15) is 13.7 Å². The molecule has 7 heteroatoms. The Bertz CT molecular complexity index is 1470. The van der Waals surface area contributed by atoms with Crippen LogP contribution in [0.3, 0.4) is 0 Å². The predicted molar refractivity (Wildman–Crippen MR) is 131 cm³/mol. The van der Waals surface area contributed by atoms with Crippen molar-refractivity contribution < 1.29 is 8.42 Å². The Labute approximate surface area is 193 Å². The second kappa shape index (κ2) is 8.77. The molecule has 1 aromatic heterocycles. The predicted octanol–water partition coefficient (Wildman–Crippen LogP) is 5.29. The Morgan fingerprint density at radius 3 is 2.21 bits per heavy atom. The lowest BCUT2D eigenvalue weighted by atomic mass is 9.97. The molecule has 4 aromatic rings. The zero-order valence-corrected chi connectivity index (χ0v) is 19.0. The first kappa shape index (κ1) is 22.1. The molecule has 0 saturated carbocycles. The maximum Gasteiger partial charge on any atom is 0.261 e. The lowest BCUT2D eigenvalue weighted by Gasteiger charge is -2.12. The molecule has 3 N–H and O–H groups in total. The topological polar surface area (TPSA) is 109 Å². The largest absolute Gasteiger partial charge is 0.383 e. The van der Waals surface area contributed by atoms with E-state index in [4.69, 9.17) is 5.73 Å². The van der Waals surface area contributed by atoms with Crippen molar-refractivity contribution in [3.63, 3.8) is 0 Å². The maximum atomic E-state index is 12.6. The number of nitrogens with one attached hydrogen (secondary N) is 1. The SMILES string of the molecule is Cc1ccc(S(=O)(=O)Nc2ccc(-c3cc(-c4cccc(C)c4)c(C#N)c(N)n3)cc2)cc1. The lowest BCUT2D eigenvalue weighted by molar-refractivity contribution is 0.601. The highest BCUT2D eigenvalue weighted by Gasteiger charge is 2.16. The van der Waals surface area contributed by atoms with Crippen LogP contribution in [0.2, 0.25) is 0 Å². The van der Waals surface area contributed by atoms with Crippen molar-refractivity contribution in [3.05, 3.63) is 95.6 Å². The number of benzene rings is 3. The normalized spacial score (nSPS) is 11.1. The maximum absolute atomic E-state index is 12.6. The van der Waals surface area contributed by atoms with Crippen molar-refractivity contribution in [3.8, 4) is 28.5 Å². The third-order valence-electron chi connectivity index (χ3n) is 5.25. The van der Waals surface area contributed by atoms with Gasteiger partial charge in [0.2, 0.25) is 0 Å². The molecule has 0 fully saturated rings. The third kappa shape index (κ3) is 4.71. The summed E-state index contributed by atoms with van der Waals surface area (Å²) in [5.41, 5.74) is 11.8. The molecule has 3 aromatic carbocycles. The molecule has 1 heterocycles. The smallest absolute Gasteiger partial charge is 0.261 e. The molecule has 0 bridgehead atoms. The summed E-state index contributed by atoms with van der Waals surface area (Å²) in [5, 5.41) is 9.61. The number of nitrogens with zero attached hydrogens (tertiary/aromatic N) is 2. The van der Waals surface area contributed by atoms with Gasteiger partial charge in [-0.3, -0.25) is 4.72 Å². The van der Waals surface area contributed by atoms with E-state index in [1.807, 2.05) is 44.2 Å². The number of nitrogen functional groups attached to an aromatic ring is 1. The molecule has 0 aliphatic carbocycles. The van der Waals surface area contributed by atoms with Crippen LogP contribution in [0.5, 0.6) is 0 Å². The monoisotopic (exact) mass is 454 g/mol. The summed E-state index contributed by atoms with van der Waals surface area (Å²) in [7, 11) is -3.69. The van der Waals surface area contributed by atoms with E-state index >= 15 is 0 Å². The highest BCUT2D eigenvalue weighted by Crippen LogP contribution is 2.32. The summed E-state index contributed by atoms with van der Waals surface area (Å²) in [6, 6.07) is 25.3. The quantitative estimate of drug-likeness (QED) is 0.426. The summed E-state index contributed by atoms with van der Waals surface area (Å²) in [5.74, 6) is 0.149. The molecule has 0 saturated heterocycles. The standard InChI is InChI=1S/C26H22N4O2S/c1-17-6-12-22(13-7-17)33(31,32)30-21-10-8-19(9-11-21)25-15-23(24(16-27)26(28)29-25)20-5-3-4-18(2)14-20/h3-15,30H,1-2H3,(H2,28,29). The number of sulfonamides is 1. The van der Waals surface area contributed by atoms with Crippen LogP contribution in [0.1, 0.15) is 16.7 Å². The van der Waals surface area contributed by atoms with Gasteiger partial charge in [-0.25, -0.2) is 13.4 Å². The van der Waals surface area contributed by atoms with Gasteiger partial charge in [0.05, 0.1) is 10.6 Å². The minimum Gasteiger partial charge on any atom is -0.383 e. The number of aromatic nitrogens is 1. The van der Waals surface area contributed by atoms with Crippen LogP contribution in [0.4, 0.5) is 11.5 Å². The van der Waals surface area contributed by atoms with E-state index in [0.717, 1.165) is 22.3 Å². The summed E-state index contributed by atoms with van der Waals surface area (Å²) < 4.78 is 27.9. The number of hydrogen-bond acceptors (Lipinski definition) is 5. The van der Waals surface area contributed by atoms with E-state index in [0.29, 0.717) is 22.5 Å². The Kier molecular flexibility index (Phi) is 5.86. The summed E-state index contributed by atoms with van der Waals surface area (Å²) in [6.07, 6.45) is 0. The minimum atomic E-state index is -3.69. The molecule has 0 aliphatic heterocycles. The van der Waals surface area contributed by atoms with Crippen LogP contribution >= 0.6 is 0 Å².